The molecule has 8 heteroatoms. The largest absolute Gasteiger partial charge is 0.389 e. The predicted octanol–water partition coefficient (Wildman–Crippen LogP) is -0.202. The number of hydrogen-bond donors (Lipinski definition) is 3. The van der Waals surface area contributed by atoms with Crippen LogP contribution in [0, 0.1) is 0 Å². The molecule has 3 fully saturated rings. The smallest absolute Gasteiger partial charge is 0.254 e. The topological polar surface area (TPSA) is 107 Å². The van der Waals surface area contributed by atoms with Crippen molar-refractivity contribution in [3.8, 4) is 0 Å². The average molecular weight is 359 g/mol. The molecule has 3 N–H and O–H groups in total. The van der Waals surface area contributed by atoms with Gasteiger partial charge in [-0.1, -0.05) is 0 Å². The monoisotopic (exact) mass is 359 g/mol. The summed E-state index contributed by atoms with van der Waals surface area (Å²) >= 11 is 0. The minimum Gasteiger partial charge on any atom is -0.389 e. The highest BCUT2D eigenvalue weighted by Crippen LogP contribution is 2.37. The number of nitrogens with one attached hydrogen (secondary N) is 2. The molecule has 0 spiro atoms. The Kier molecular flexibility index (Phi) is 4.86. The molecule has 2 amide bonds. The maximum atomic E-state index is 12.5. The number of carbonyl (C=O) groups excluding carboxylic acids is 2. The van der Waals surface area contributed by atoms with Crippen molar-refractivity contribution in [2.75, 3.05) is 19.6 Å². The summed E-state index contributed by atoms with van der Waals surface area (Å²) in [5, 5.41) is 16.5. The minimum atomic E-state index is -0.690. The highest BCUT2D eigenvalue weighted by molar-refractivity contribution is 5.93. The molecule has 1 aromatic rings. The first-order chi connectivity index (χ1) is 12.6. The Morgan fingerprint density at radius 3 is 2.69 bits per heavy atom. The first-order valence-electron chi connectivity index (χ1n) is 9.43. The SMILES string of the molecule is O=C1CN([C@@H]2CCC[C@@H](NC(=O)c3cnc(C4CC4)nc3)[C@H]2O)CCN1. The fourth-order valence-electron chi connectivity index (χ4n) is 3.91. The van der Waals surface area contributed by atoms with Gasteiger partial charge in [0.1, 0.15) is 5.82 Å². The van der Waals surface area contributed by atoms with Gasteiger partial charge in [0.25, 0.3) is 5.91 Å². The third kappa shape index (κ3) is 3.71. The summed E-state index contributed by atoms with van der Waals surface area (Å²) in [4.78, 5) is 34.7. The molecule has 26 heavy (non-hydrogen) atoms. The molecule has 3 atom stereocenters. The van der Waals surface area contributed by atoms with Gasteiger partial charge in [0.15, 0.2) is 0 Å². The zero-order valence-corrected chi connectivity index (χ0v) is 14.7. The van der Waals surface area contributed by atoms with Gasteiger partial charge in [-0.15, -0.1) is 0 Å². The van der Waals surface area contributed by atoms with Crippen molar-refractivity contribution in [3.05, 3.63) is 23.8 Å². The van der Waals surface area contributed by atoms with Gasteiger partial charge in [0, 0.05) is 37.4 Å². The van der Waals surface area contributed by atoms with E-state index in [4.69, 9.17) is 0 Å². The van der Waals surface area contributed by atoms with Crippen LogP contribution in [-0.2, 0) is 4.79 Å². The van der Waals surface area contributed by atoms with Crippen LogP contribution < -0.4 is 10.6 Å². The number of aliphatic hydroxyl groups is 1. The average Bonchev–Trinajstić information content (AvgIpc) is 3.49. The fourth-order valence-corrected chi connectivity index (χ4v) is 3.91. The Labute approximate surface area is 152 Å². The Hall–Kier alpha value is -2.06. The van der Waals surface area contributed by atoms with Crippen LogP contribution in [0.3, 0.4) is 0 Å². The third-order valence-electron chi connectivity index (χ3n) is 5.55. The van der Waals surface area contributed by atoms with E-state index in [1.165, 1.54) is 0 Å². The van der Waals surface area contributed by atoms with Crippen LogP contribution in [0.5, 0.6) is 0 Å². The minimum absolute atomic E-state index is 0.0116. The molecule has 8 nitrogen and oxygen atoms in total. The Balaban J connectivity index is 1.38. The summed E-state index contributed by atoms with van der Waals surface area (Å²) in [7, 11) is 0. The highest BCUT2D eigenvalue weighted by Gasteiger charge is 2.37. The van der Waals surface area contributed by atoms with E-state index in [1.54, 1.807) is 12.4 Å². The van der Waals surface area contributed by atoms with Gasteiger partial charge in [0.05, 0.1) is 24.3 Å². The molecule has 0 bridgehead atoms. The lowest BCUT2D eigenvalue weighted by molar-refractivity contribution is -0.126. The normalized spacial score (nSPS) is 29.9. The lowest BCUT2D eigenvalue weighted by Crippen LogP contribution is -2.60. The summed E-state index contributed by atoms with van der Waals surface area (Å²) in [5.41, 5.74) is 0.418. The van der Waals surface area contributed by atoms with Crippen molar-refractivity contribution in [3.63, 3.8) is 0 Å². The quantitative estimate of drug-likeness (QED) is 0.687. The summed E-state index contributed by atoms with van der Waals surface area (Å²) in [6.07, 6.45) is 7.15. The van der Waals surface area contributed by atoms with Crippen LogP contribution >= 0.6 is 0 Å². The molecule has 1 aromatic heterocycles. The van der Waals surface area contributed by atoms with Gasteiger partial charge in [-0.25, -0.2) is 9.97 Å². The number of hydrogen-bond acceptors (Lipinski definition) is 6. The van der Waals surface area contributed by atoms with Crippen molar-refractivity contribution < 1.29 is 14.7 Å². The molecule has 0 unspecified atom stereocenters. The molecule has 4 rings (SSSR count). The van der Waals surface area contributed by atoms with Gasteiger partial charge in [-0.05, 0) is 32.1 Å². The summed E-state index contributed by atoms with van der Waals surface area (Å²) in [6.45, 7) is 1.63. The number of piperazine rings is 1. The molecular weight excluding hydrogens is 334 g/mol. The van der Waals surface area contributed by atoms with E-state index in [-0.39, 0.29) is 23.9 Å². The van der Waals surface area contributed by atoms with Gasteiger partial charge < -0.3 is 15.7 Å². The molecule has 2 heterocycles. The standard InChI is InChI=1S/C18H25N5O3/c24-15-10-23(7-6-19-15)14-3-1-2-13(16(14)25)22-18(26)12-8-20-17(21-9-12)11-4-5-11/h8-9,11,13-14,16,25H,1-7,10H2,(H,19,24)(H,22,26)/t13-,14-,16-/m1/s1. The lowest BCUT2D eigenvalue weighted by Gasteiger charge is -2.42. The summed E-state index contributed by atoms with van der Waals surface area (Å²) in [6, 6.07) is -0.428. The zero-order chi connectivity index (χ0) is 18.1. The first-order valence-corrected chi connectivity index (χ1v) is 9.43. The van der Waals surface area contributed by atoms with Crippen LogP contribution in [0.15, 0.2) is 12.4 Å². The number of rotatable bonds is 4. The molecule has 1 saturated heterocycles. The van der Waals surface area contributed by atoms with Gasteiger partial charge in [0.2, 0.25) is 5.91 Å². The van der Waals surface area contributed by atoms with E-state index in [9.17, 15) is 14.7 Å². The maximum Gasteiger partial charge on any atom is 0.254 e. The molecule has 0 radical (unpaired) electrons. The molecule has 2 aliphatic carbocycles. The van der Waals surface area contributed by atoms with Crippen molar-refractivity contribution in [1.29, 1.82) is 0 Å². The molecule has 3 aliphatic rings. The second kappa shape index (κ2) is 7.28. The predicted molar refractivity (Wildman–Crippen MR) is 93.5 cm³/mol. The van der Waals surface area contributed by atoms with Crippen molar-refractivity contribution in [2.24, 2.45) is 0 Å². The molecule has 2 saturated carbocycles. The van der Waals surface area contributed by atoms with Crippen LogP contribution in [0.25, 0.3) is 0 Å². The van der Waals surface area contributed by atoms with Crippen LogP contribution in [0.1, 0.15) is 54.2 Å². The molecule has 0 aromatic carbocycles. The lowest BCUT2D eigenvalue weighted by atomic mass is 9.86. The van der Waals surface area contributed by atoms with Crippen molar-refractivity contribution in [2.45, 2.75) is 56.2 Å². The van der Waals surface area contributed by atoms with Crippen LogP contribution in [-0.4, -0.2) is 69.6 Å². The van der Waals surface area contributed by atoms with Crippen molar-refractivity contribution in [1.82, 2.24) is 25.5 Å². The maximum absolute atomic E-state index is 12.5. The highest BCUT2D eigenvalue weighted by atomic mass is 16.3. The Morgan fingerprint density at radius 2 is 2.00 bits per heavy atom. The number of amides is 2. The zero-order valence-electron chi connectivity index (χ0n) is 14.7. The van der Waals surface area contributed by atoms with E-state index in [0.717, 1.165) is 44.5 Å². The molecular formula is C18H25N5O3. The van der Waals surface area contributed by atoms with Gasteiger partial charge in [-0.3, -0.25) is 14.5 Å². The van der Waals surface area contributed by atoms with E-state index >= 15 is 0 Å². The number of nitrogens with zero attached hydrogens (tertiary/aromatic N) is 3. The number of aliphatic hydroxyl groups excluding tert-OH is 1. The van der Waals surface area contributed by atoms with E-state index in [0.29, 0.717) is 24.6 Å². The number of aromatic nitrogens is 2. The Bertz CT molecular complexity index is 676. The second-order valence-electron chi connectivity index (χ2n) is 7.49. The van der Waals surface area contributed by atoms with E-state index < -0.39 is 6.10 Å². The molecule has 140 valence electrons. The number of carbonyl (C=O) groups is 2. The second-order valence-corrected chi connectivity index (χ2v) is 7.49. The summed E-state index contributed by atoms with van der Waals surface area (Å²) < 4.78 is 0. The third-order valence-corrected chi connectivity index (χ3v) is 5.55. The molecule has 1 aliphatic heterocycles. The van der Waals surface area contributed by atoms with Crippen molar-refractivity contribution >= 4 is 11.8 Å². The van der Waals surface area contributed by atoms with Crippen LogP contribution in [0.4, 0.5) is 0 Å². The van der Waals surface area contributed by atoms with E-state index in [2.05, 4.69) is 20.6 Å². The van der Waals surface area contributed by atoms with Crippen LogP contribution in [0.2, 0.25) is 0 Å². The Morgan fingerprint density at radius 1 is 1.23 bits per heavy atom. The van der Waals surface area contributed by atoms with Gasteiger partial charge >= 0.3 is 0 Å². The fraction of sp³-hybridized carbons (Fsp3) is 0.667. The van der Waals surface area contributed by atoms with E-state index in [1.807, 2.05) is 4.90 Å². The first kappa shape index (κ1) is 17.4. The van der Waals surface area contributed by atoms with Gasteiger partial charge in [-0.2, -0.15) is 0 Å². The summed E-state index contributed by atoms with van der Waals surface area (Å²) in [5.74, 6) is 0.994.